The summed E-state index contributed by atoms with van der Waals surface area (Å²) in [5.41, 5.74) is 1.50. The van der Waals surface area contributed by atoms with Gasteiger partial charge in [0.1, 0.15) is 11.9 Å². The molecule has 6 nitrogen and oxygen atoms in total. The Hall–Kier alpha value is -2.37. The number of carboxylic acids is 1. The molecule has 0 amide bonds. The van der Waals surface area contributed by atoms with Crippen LogP contribution in [-0.4, -0.2) is 32.3 Å². The van der Waals surface area contributed by atoms with Crippen LogP contribution >= 0.6 is 0 Å². The van der Waals surface area contributed by atoms with E-state index in [1.165, 1.54) is 0 Å². The molecule has 0 radical (unpaired) electrons. The molecule has 0 saturated heterocycles. The van der Waals surface area contributed by atoms with Crippen LogP contribution in [0, 0.1) is 6.92 Å². The second-order valence-electron chi connectivity index (χ2n) is 4.23. The Kier molecular flexibility index (Phi) is 3.79. The summed E-state index contributed by atoms with van der Waals surface area (Å²) < 4.78 is 0. The van der Waals surface area contributed by atoms with Gasteiger partial charge < -0.3 is 10.4 Å². The van der Waals surface area contributed by atoms with Gasteiger partial charge in [0.15, 0.2) is 5.82 Å². The van der Waals surface area contributed by atoms with Gasteiger partial charge in [0, 0.05) is 11.3 Å². The summed E-state index contributed by atoms with van der Waals surface area (Å²) in [6.45, 7) is 3.64. The SMILES string of the molecule is CCC(Nc1ccccc1-c1n[nH]c(C)n1)C(=O)O. The van der Waals surface area contributed by atoms with Crippen LogP contribution in [0.25, 0.3) is 11.4 Å². The topological polar surface area (TPSA) is 90.9 Å². The summed E-state index contributed by atoms with van der Waals surface area (Å²) in [4.78, 5) is 15.4. The highest BCUT2D eigenvalue weighted by Gasteiger charge is 2.17. The van der Waals surface area contributed by atoms with Gasteiger partial charge in [0.05, 0.1) is 0 Å². The van der Waals surface area contributed by atoms with Gasteiger partial charge in [-0.15, -0.1) is 0 Å². The van der Waals surface area contributed by atoms with E-state index in [1.807, 2.05) is 38.1 Å². The Morgan fingerprint density at radius 1 is 1.47 bits per heavy atom. The summed E-state index contributed by atoms with van der Waals surface area (Å²) in [5, 5.41) is 19.0. The van der Waals surface area contributed by atoms with E-state index < -0.39 is 12.0 Å². The first-order valence-electron chi connectivity index (χ1n) is 6.09. The molecular formula is C13H16N4O2. The van der Waals surface area contributed by atoms with E-state index in [2.05, 4.69) is 20.5 Å². The Balaban J connectivity index is 2.33. The number of aryl methyl sites for hydroxylation is 1. The fourth-order valence-electron chi connectivity index (χ4n) is 1.79. The van der Waals surface area contributed by atoms with E-state index in [0.29, 0.717) is 12.2 Å². The predicted molar refractivity (Wildman–Crippen MR) is 71.9 cm³/mol. The van der Waals surface area contributed by atoms with Gasteiger partial charge in [-0.3, -0.25) is 5.10 Å². The van der Waals surface area contributed by atoms with E-state index in [0.717, 1.165) is 17.1 Å². The first-order valence-corrected chi connectivity index (χ1v) is 6.09. The number of carboxylic acid groups (broad SMARTS) is 1. The maximum atomic E-state index is 11.1. The molecule has 3 N–H and O–H groups in total. The van der Waals surface area contributed by atoms with Crippen LogP contribution < -0.4 is 5.32 Å². The highest BCUT2D eigenvalue weighted by molar-refractivity contribution is 5.81. The molecule has 2 aromatic rings. The molecule has 0 spiro atoms. The molecular weight excluding hydrogens is 244 g/mol. The highest BCUT2D eigenvalue weighted by atomic mass is 16.4. The van der Waals surface area contributed by atoms with E-state index in [-0.39, 0.29) is 0 Å². The van der Waals surface area contributed by atoms with Crippen molar-refractivity contribution in [3.8, 4) is 11.4 Å². The zero-order valence-corrected chi connectivity index (χ0v) is 10.8. The number of H-pyrrole nitrogens is 1. The fourth-order valence-corrected chi connectivity index (χ4v) is 1.79. The molecule has 1 heterocycles. The Labute approximate surface area is 110 Å². The Bertz CT molecular complexity index is 580. The molecule has 1 aromatic carbocycles. The molecule has 0 fully saturated rings. The van der Waals surface area contributed by atoms with Gasteiger partial charge >= 0.3 is 5.97 Å². The minimum atomic E-state index is -0.872. The van der Waals surface area contributed by atoms with Gasteiger partial charge in [-0.25, -0.2) is 9.78 Å². The minimum absolute atomic E-state index is 0.497. The second kappa shape index (κ2) is 5.51. The van der Waals surface area contributed by atoms with Crippen LogP contribution in [0.2, 0.25) is 0 Å². The molecule has 100 valence electrons. The fraction of sp³-hybridized carbons (Fsp3) is 0.308. The number of aromatic nitrogens is 3. The summed E-state index contributed by atoms with van der Waals surface area (Å²) >= 11 is 0. The number of benzene rings is 1. The van der Waals surface area contributed by atoms with Crippen molar-refractivity contribution in [3.63, 3.8) is 0 Å². The molecule has 0 saturated carbocycles. The van der Waals surface area contributed by atoms with E-state index in [9.17, 15) is 4.79 Å². The van der Waals surface area contributed by atoms with Gasteiger partial charge in [-0.1, -0.05) is 19.1 Å². The third-order valence-corrected chi connectivity index (χ3v) is 2.80. The maximum Gasteiger partial charge on any atom is 0.326 e. The summed E-state index contributed by atoms with van der Waals surface area (Å²) in [7, 11) is 0. The van der Waals surface area contributed by atoms with Gasteiger partial charge in [0.25, 0.3) is 0 Å². The molecule has 1 unspecified atom stereocenters. The lowest BCUT2D eigenvalue weighted by Crippen LogP contribution is -2.28. The summed E-state index contributed by atoms with van der Waals surface area (Å²) in [6.07, 6.45) is 0.497. The molecule has 2 rings (SSSR count). The third kappa shape index (κ3) is 2.90. The Morgan fingerprint density at radius 3 is 2.79 bits per heavy atom. The number of rotatable bonds is 5. The number of hydrogen-bond acceptors (Lipinski definition) is 4. The predicted octanol–water partition coefficient (Wildman–Crippen LogP) is 2.06. The molecule has 6 heteroatoms. The van der Waals surface area contributed by atoms with Crippen molar-refractivity contribution in [1.29, 1.82) is 0 Å². The second-order valence-corrected chi connectivity index (χ2v) is 4.23. The van der Waals surface area contributed by atoms with Crippen molar-refractivity contribution in [1.82, 2.24) is 15.2 Å². The number of nitrogens with zero attached hydrogens (tertiary/aromatic N) is 2. The van der Waals surface area contributed by atoms with Crippen molar-refractivity contribution in [3.05, 3.63) is 30.1 Å². The van der Waals surface area contributed by atoms with Crippen molar-refractivity contribution < 1.29 is 9.90 Å². The third-order valence-electron chi connectivity index (χ3n) is 2.80. The van der Waals surface area contributed by atoms with Crippen LogP contribution in [-0.2, 0) is 4.79 Å². The number of aromatic amines is 1. The Morgan fingerprint density at radius 2 is 2.21 bits per heavy atom. The standard InChI is InChI=1S/C13H16N4O2/c1-3-10(13(18)19)15-11-7-5-4-6-9(11)12-14-8(2)16-17-12/h4-7,10,15H,3H2,1-2H3,(H,18,19)(H,14,16,17). The molecule has 0 bridgehead atoms. The molecule has 1 atom stereocenters. The number of aliphatic carboxylic acids is 1. The number of anilines is 1. The lowest BCUT2D eigenvalue weighted by Gasteiger charge is -2.15. The van der Waals surface area contributed by atoms with Crippen LogP contribution in [0.5, 0.6) is 0 Å². The van der Waals surface area contributed by atoms with Crippen molar-refractivity contribution in [2.75, 3.05) is 5.32 Å². The number of nitrogens with one attached hydrogen (secondary N) is 2. The van der Waals surface area contributed by atoms with E-state index in [1.54, 1.807) is 0 Å². The summed E-state index contributed by atoms with van der Waals surface area (Å²) in [6, 6.07) is 6.78. The van der Waals surface area contributed by atoms with Gasteiger partial charge in [-0.05, 0) is 25.5 Å². The highest BCUT2D eigenvalue weighted by Crippen LogP contribution is 2.25. The molecule has 0 aliphatic heterocycles. The van der Waals surface area contributed by atoms with Crippen LogP contribution in [0.3, 0.4) is 0 Å². The first kappa shape index (κ1) is 13.1. The number of carbonyl (C=O) groups is 1. The number of hydrogen-bond donors (Lipinski definition) is 3. The monoisotopic (exact) mass is 260 g/mol. The lowest BCUT2D eigenvalue weighted by atomic mass is 10.1. The average Bonchev–Trinajstić information content (AvgIpc) is 2.82. The van der Waals surface area contributed by atoms with E-state index in [4.69, 9.17) is 5.11 Å². The van der Waals surface area contributed by atoms with Crippen LogP contribution in [0.1, 0.15) is 19.2 Å². The smallest absolute Gasteiger partial charge is 0.326 e. The molecule has 19 heavy (non-hydrogen) atoms. The zero-order valence-electron chi connectivity index (χ0n) is 10.8. The lowest BCUT2D eigenvalue weighted by molar-refractivity contribution is -0.137. The molecule has 0 aliphatic carbocycles. The molecule has 1 aromatic heterocycles. The van der Waals surface area contributed by atoms with Crippen molar-refractivity contribution in [2.24, 2.45) is 0 Å². The van der Waals surface area contributed by atoms with Gasteiger partial charge in [-0.2, -0.15) is 5.10 Å². The summed E-state index contributed by atoms with van der Waals surface area (Å²) in [5.74, 6) is 0.402. The van der Waals surface area contributed by atoms with Crippen molar-refractivity contribution >= 4 is 11.7 Å². The zero-order chi connectivity index (χ0) is 13.8. The normalized spacial score (nSPS) is 12.1. The minimum Gasteiger partial charge on any atom is -0.480 e. The maximum absolute atomic E-state index is 11.1. The first-order chi connectivity index (χ1) is 9.11. The van der Waals surface area contributed by atoms with Crippen LogP contribution in [0.4, 0.5) is 5.69 Å². The quantitative estimate of drug-likeness (QED) is 0.765. The van der Waals surface area contributed by atoms with Crippen molar-refractivity contribution in [2.45, 2.75) is 26.3 Å². The van der Waals surface area contributed by atoms with Crippen LogP contribution in [0.15, 0.2) is 24.3 Å². The molecule has 0 aliphatic rings. The van der Waals surface area contributed by atoms with Gasteiger partial charge in [0.2, 0.25) is 0 Å². The number of para-hydroxylation sites is 1. The largest absolute Gasteiger partial charge is 0.480 e. The van der Waals surface area contributed by atoms with E-state index >= 15 is 0 Å². The average molecular weight is 260 g/mol.